The van der Waals surface area contributed by atoms with E-state index in [1.54, 1.807) is 25.9 Å². The molecule has 0 spiro atoms. The first-order valence-electron chi connectivity index (χ1n) is 5.79. The van der Waals surface area contributed by atoms with Crippen molar-refractivity contribution in [3.8, 4) is 0 Å². The highest BCUT2D eigenvalue weighted by molar-refractivity contribution is 5.84. The van der Waals surface area contributed by atoms with Crippen LogP contribution in [-0.2, 0) is 23.8 Å². The average Bonchev–Trinajstić information content (AvgIpc) is 2.37. The van der Waals surface area contributed by atoms with Gasteiger partial charge in [-0.15, -0.1) is 0 Å². The fourth-order valence-corrected chi connectivity index (χ4v) is 1.31. The van der Waals surface area contributed by atoms with Gasteiger partial charge in [-0.2, -0.15) is 0 Å². The summed E-state index contributed by atoms with van der Waals surface area (Å²) in [5.41, 5.74) is -0.913. The van der Waals surface area contributed by atoms with Gasteiger partial charge < -0.3 is 19.1 Å². The van der Waals surface area contributed by atoms with Crippen LogP contribution in [-0.4, -0.2) is 63.4 Å². The quantitative estimate of drug-likeness (QED) is 0.594. The lowest BCUT2D eigenvalue weighted by Crippen LogP contribution is -2.48. The Morgan fingerprint density at radius 3 is 2.17 bits per heavy atom. The summed E-state index contributed by atoms with van der Waals surface area (Å²) in [4.78, 5) is 24.9. The lowest BCUT2D eigenvalue weighted by molar-refractivity contribution is -0.152. The molecule has 0 radical (unpaired) electrons. The van der Waals surface area contributed by atoms with Crippen molar-refractivity contribution in [2.24, 2.45) is 0 Å². The smallest absolute Gasteiger partial charge is 0.307 e. The molecule has 0 aliphatic carbocycles. The van der Waals surface area contributed by atoms with Crippen LogP contribution in [0.4, 0.5) is 0 Å². The predicted octanol–water partition coefficient (Wildman–Crippen LogP) is 0.450. The van der Waals surface area contributed by atoms with E-state index in [1.807, 2.05) is 0 Å². The number of amides is 1. The maximum Gasteiger partial charge on any atom is 0.307 e. The molecule has 0 aliphatic heterocycles. The molecule has 0 saturated heterocycles. The van der Waals surface area contributed by atoms with Gasteiger partial charge in [0.2, 0.25) is 0 Å². The van der Waals surface area contributed by atoms with Gasteiger partial charge in [-0.3, -0.25) is 9.59 Å². The molecule has 0 rings (SSSR count). The van der Waals surface area contributed by atoms with E-state index in [4.69, 9.17) is 9.47 Å². The molecule has 0 aromatic heterocycles. The van der Waals surface area contributed by atoms with Crippen LogP contribution in [0.5, 0.6) is 0 Å². The van der Waals surface area contributed by atoms with E-state index in [0.717, 1.165) is 0 Å². The molecule has 6 nitrogen and oxygen atoms in total. The number of ether oxygens (including phenoxy) is 3. The Kier molecular flexibility index (Phi) is 7.54. The third kappa shape index (κ3) is 5.46. The SMILES string of the molecule is COCCN(CCC(=O)OC)C(=O)C(C)(C)OC. The molecule has 6 heteroatoms. The third-order valence-corrected chi connectivity index (χ3v) is 2.69. The van der Waals surface area contributed by atoms with Crippen molar-refractivity contribution in [3.05, 3.63) is 0 Å². The number of carbonyl (C=O) groups is 2. The summed E-state index contributed by atoms with van der Waals surface area (Å²) in [5.74, 6) is -0.522. The first-order valence-corrected chi connectivity index (χ1v) is 5.79. The maximum atomic E-state index is 12.2. The number of methoxy groups -OCH3 is 3. The van der Waals surface area contributed by atoms with Crippen LogP contribution in [0, 0.1) is 0 Å². The topological polar surface area (TPSA) is 65.1 Å². The van der Waals surface area contributed by atoms with Crippen LogP contribution in [0.2, 0.25) is 0 Å². The second-order valence-corrected chi connectivity index (χ2v) is 4.33. The van der Waals surface area contributed by atoms with Crippen molar-refractivity contribution < 1.29 is 23.8 Å². The van der Waals surface area contributed by atoms with Gasteiger partial charge >= 0.3 is 5.97 Å². The van der Waals surface area contributed by atoms with Gasteiger partial charge in [-0.25, -0.2) is 0 Å². The monoisotopic (exact) mass is 261 g/mol. The van der Waals surface area contributed by atoms with E-state index in [0.29, 0.717) is 19.7 Å². The van der Waals surface area contributed by atoms with E-state index in [1.165, 1.54) is 14.2 Å². The molecule has 0 bridgehead atoms. The van der Waals surface area contributed by atoms with Gasteiger partial charge in [-0.1, -0.05) is 0 Å². The zero-order chi connectivity index (χ0) is 14.2. The molecule has 106 valence electrons. The van der Waals surface area contributed by atoms with Crippen LogP contribution < -0.4 is 0 Å². The molecule has 0 fully saturated rings. The Balaban J connectivity index is 4.56. The molecule has 0 aromatic carbocycles. The van der Waals surface area contributed by atoms with Gasteiger partial charge in [0.05, 0.1) is 20.1 Å². The number of rotatable bonds is 8. The minimum atomic E-state index is -0.913. The fourth-order valence-electron chi connectivity index (χ4n) is 1.31. The fraction of sp³-hybridized carbons (Fsp3) is 0.833. The number of esters is 1. The van der Waals surface area contributed by atoms with Crippen molar-refractivity contribution in [2.45, 2.75) is 25.9 Å². The molecule has 0 N–H and O–H groups in total. The summed E-state index contributed by atoms with van der Waals surface area (Å²) < 4.78 is 14.7. The Labute approximate surface area is 108 Å². The van der Waals surface area contributed by atoms with Gasteiger partial charge in [0.15, 0.2) is 0 Å². The molecule has 0 heterocycles. The Hall–Kier alpha value is -1.14. The van der Waals surface area contributed by atoms with E-state index in [2.05, 4.69) is 4.74 Å². The van der Waals surface area contributed by atoms with Gasteiger partial charge in [0, 0.05) is 27.3 Å². The van der Waals surface area contributed by atoms with E-state index in [9.17, 15) is 9.59 Å². The molecule has 0 aromatic rings. The zero-order valence-electron chi connectivity index (χ0n) is 11.8. The molecular formula is C12H23NO5. The first kappa shape index (κ1) is 16.9. The number of hydrogen-bond donors (Lipinski definition) is 0. The number of hydrogen-bond acceptors (Lipinski definition) is 5. The third-order valence-electron chi connectivity index (χ3n) is 2.69. The number of nitrogens with zero attached hydrogens (tertiary/aromatic N) is 1. The van der Waals surface area contributed by atoms with Crippen LogP contribution in [0.3, 0.4) is 0 Å². The minimum absolute atomic E-state index is 0.158. The van der Waals surface area contributed by atoms with Gasteiger partial charge in [0.25, 0.3) is 5.91 Å². The normalized spacial score (nSPS) is 11.2. The summed E-state index contributed by atoms with van der Waals surface area (Å²) in [7, 11) is 4.36. The Bertz CT molecular complexity index is 278. The highest BCUT2D eigenvalue weighted by Gasteiger charge is 2.31. The van der Waals surface area contributed by atoms with Crippen molar-refractivity contribution in [3.63, 3.8) is 0 Å². The average molecular weight is 261 g/mol. The van der Waals surface area contributed by atoms with E-state index < -0.39 is 5.60 Å². The van der Waals surface area contributed by atoms with Crippen LogP contribution in [0.1, 0.15) is 20.3 Å². The standard InChI is InChI=1S/C12H23NO5/c1-12(2,18-5)11(15)13(8-9-16-3)7-6-10(14)17-4/h6-9H2,1-5H3. The molecule has 18 heavy (non-hydrogen) atoms. The van der Waals surface area contributed by atoms with Gasteiger partial charge in [-0.05, 0) is 13.8 Å². The van der Waals surface area contributed by atoms with Crippen LogP contribution >= 0.6 is 0 Å². The number of carbonyl (C=O) groups excluding carboxylic acids is 2. The molecule has 0 unspecified atom stereocenters. The van der Waals surface area contributed by atoms with Crippen LogP contribution in [0.15, 0.2) is 0 Å². The second-order valence-electron chi connectivity index (χ2n) is 4.33. The molecule has 0 atom stereocenters. The van der Waals surface area contributed by atoms with E-state index in [-0.39, 0.29) is 18.3 Å². The molecule has 1 amide bonds. The lowest BCUT2D eigenvalue weighted by Gasteiger charge is -2.30. The summed E-state index contributed by atoms with van der Waals surface area (Å²) in [6, 6.07) is 0. The lowest BCUT2D eigenvalue weighted by atomic mass is 10.1. The minimum Gasteiger partial charge on any atom is -0.469 e. The Morgan fingerprint density at radius 2 is 1.72 bits per heavy atom. The van der Waals surface area contributed by atoms with Crippen LogP contribution in [0.25, 0.3) is 0 Å². The first-order chi connectivity index (χ1) is 8.38. The van der Waals surface area contributed by atoms with Gasteiger partial charge in [0.1, 0.15) is 5.60 Å². The summed E-state index contributed by atoms with van der Waals surface area (Å²) in [5, 5.41) is 0. The van der Waals surface area contributed by atoms with Crippen molar-refractivity contribution in [1.29, 1.82) is 0 Å². The molecular weight excluding hydrogens is 238 g/mol. The zero-order valence-corrected chi connectivity index (χ0v) is 11.8. The summed E-state index contributed by atoms with van der Waals surface area (Å²) in [6.07, 6.45) is 0.158. The van der Waals surface area contributed by atoms with Crippen molar-refractivity contribution in [2.75, 3.05) is 41.0 Å². The van der Waals surface area contributed by atoms with Crippen molar-refractivity contribution in [1.82, 2.24) is 4.90 Å². The second kappa shape index (κ2) is 8.05. The predicted molar refractivity (Wildman–Crippen MR) is 66.2 cm³/mol. The molecule has 0 aliphatic rings. The highest BCUT2D eigenvalue weighted by atomic mass is 16.5. The van der Waals surface area contributed by atoms with E-state index >= 15 is 0 Å². The Morgan fingerprint density at radius 1 is 1.11 bits per heavy atom. The molecule has 0 saturated carbocycles. The van der Waals surface area contributed by atoms with Crippen molar-refractivity contribution >= 4 is 11.9 Å². The largest absolute Gasteiger partial charge is 0.469 e. The maximum absolute atomic E-state index is 12.2. The highest BCUT2D eigenvalue weighted by Crippen LogP contribution is 2.12. The summed E-state index contributed by atoms with van der Waals surface area (Å²) >= 11 is 0. The summed E-state index contributed by atoms with van der Waals surface area (Å²) in [6.45, 7) is 4.49.